The number of nitrogens with two attached hydrogens (primary N) is 1. The average Bonchev–Trinajstić information content (AvgIpc) is 2.07. The van der Waals surface area contributed by atoms with Crippen molar-refractivity contribution < 1.29 is 4.79 Å². The zero-order chi connectivity index (χ0) is 10.1. The number of nitrogens with one attached hydrogen (secondary N) is 1. The Morgan fingerprint density at radius 1 is 1.58 bits per heavy atom. The molecule has 3 nitrogen and oxygen atoms in total. The van der Waals surface area contributed by atoms with Gasteiger partial charge in [-0.15, -0.1) is 0 Å². The maximum absolute atomic E-state index is 10.6. The Hall–Kier alpha value is -0.830. The lowest BCUT2D eigenvalue weighted by Gasteiger charge is -2.11. The van der Waals surface area contributed by atoms with E-state index in [4.69, 9.17) is 5.73 Å². The van der Waals surface area contributed by atoms with E-state index < -0.39 is 0 Å². The SMILES string of the molecule is C=C(C)C(C)NC(=O)CN.CC. The Labute approximate surface area is 75.0 Å². The summed E-state index contributed by atoms with van der Waals surface area (Å²) in [4.78, 5) is 10.6. The first-order chi connectivity index (χ1) is 5.57. The van der Waals surface area contributed by atoms with E-state index in [1.165, 1.54) is 0 Å². The summed E-state index contributed by atoms with van der Waals surface area (Å²) < 4.78 is 0. The standard InChI is InChI=1S/C7H14N2O.C2H6/c1-5(2)6(3)9-7(10)4-8;1-2/h6H,1,4,8H2,2-3H3,(H,9,10);1-2H3. The molecule has 0 saturated heterocycles. The summed E-state index contributed by atoms with van der Waals surface area (Å²) in [5.74, 6) is -0.143. The van der Waals surface area contributed by atoms with Gasteiger partial charge in [-0.3, -0.25) is 4.79 Å². The van der Waals surface area contributed by atoms with Gasteiger partial charge in [-0.1, -0.05) is 26.0 Å². The highest BCUT2D eigenvalue weighted by molar-refractivity contribution is 5.78. The minimum atomic E-state index is -0.143. The van der Waals surface area contributed by atoms with Crippen molar-refractivity contribution in [3.05, 3.63) is 12.2 Å². The van der Waals surface area contributed by atoms with Crippen molar-refractivity contribution in [2.45, 2.75) is 33.7 Å². The molecule has 0 bridgehead atoms. The van der Waals surface area contributed by atoms with Gasteiger partial charge in [-0.25, -0.2) is 0 Å². The zero-order valence-corrected chi connectivity index (χ0v) is 8.48. The van der Waals surface area contributed by atoms with Crippen LogP contribution in [0.2, 0.25) is 0 Å². The van der Waals surface area contributed by atoms with E-state index in [0.29, 0.717) is 0 Å². The van der Waals surface area contributed by atoms with Gasteiger partial charge in [-0.05, 0) is 13.8 Å². The van der Waals surface area contributed by atoms with Gasteiger partial charge in [0.05, 0.1) is 6.54 Å². The minimum absolute atomic E-state index is 0.0241. The first kappa shape index (κ1) is 13.7. The smallest absolute Gasteiger partial charge is 0.234 e. The molecule has 1 atom stereocenters. The topological polar surface area (TPSA) is 55.1 Å². The lowest BCUT2D eigenvalue weighted by molar-refractivity contribution is -0.120. The van der Waals surface area contributed by atoms with Crippen molar-refractivity contribution in [1.82, 2.24) is 5.32 Å². The van der Waals surface area contributed by atoms with E-state index in [1.54, 1.807) is 0 Å². The van der Waals surface area contributed by atoms with Crippen LogP contribution in [-0.2, 0) is 4.79 Å². The molecule has 12 heavy (non-hydrogen) atoms. The Bertz CT molecular complexity index is 143. The van der Waals surface area contributed by atoms with E-state index in [2.05, 4.69) is 11.9 Å². The molecule has 1 amide bonds. The van der Waals surface area contributed by atoms with E-state index in [0.717, 1.165) is 5.57 Å². The van der Waals surface area contributed by atoms with Crippen molar-refractivity contribution in [3.63, 3.8) is 0 Å². The highest BCUT2D eigenvalue weighted by Crippen LogP contribution is 1.94. The minimum Gasteiger partial charge on any atom is -0.349 e. The van der Waals surface area contributed by atoms with Crippen LogP contribution in [0.25, 0.3) is 0 Å². The predicted molar refractivity (Wildman–Crippen MR) is 52.8 cm³/mol. The molecule has 1 unspecified atom stereocenters. The van der Waals surface area contributed by atoms with Crippen molar-refractivity contribution in [1.29, 1.82) is 0 Å². The normalized spacial score (nSPS) is 10.8. The lowest BCUT2D eigenvalue weighted by atomic mass is 10.2. The molecule has 3 N–H and O–H groups in total. The molecule has 72 valence electrons. The van der Waals surface area contributed by atoms with Crippen LogP contribution in [0.5, 0.6) is 0 Å². The number of carbonyl (C=O) groups is 1. The third-order valence-electron chi connectivity index (χ3n) is 1.30. The van der Waals surface area contributed by atoms with Crippen LogP contribution in [0.4, 0.5) is 0 Å². The molecule has 3 heteroatoms. The van der Waals surface area contributed by atoms with E-state index in [-0.39, 0.29) is 18.5 Å². The predicted octanol–water partition coefficient (Wildman–Crippen LogP) is 1.05. The number of rotatable bonds is 3. The van der Waals surface area contributed by atoms with Crippen LogP contribution in [-0.4, -0.2) is 18.5 Å². The van der Waals surface area contributed by atoms with Crippen molar-refractivity contribution in [2.75, 3.05) is 6.54 Å². The second-order valence-corrected chi connectivity index (χ2v) is 2.34. The third kappa shape index (κ3) is 7.28. The van der Waals surface area contributed by atoms with Gasteiger partial charge < -0.3 is 11.1 Å². The van der Waals surface area contributed by atoms with Crippen LogP contribution in [0.15, 0.2) is 12.2 Å². The van der Waals surface area contributed by atoms with Gasteiger partial charge in [0.15, 0.2) is 0 Å². The van der Waals surface area contributed by atoms with Crippen LogP contribution in [0.3, 0.4) is 0 Å². The quantitative estimate of drug-likeness (QED) is 0.625. The summed E-state index contributed by atoms with van der Waals surface area (Å²) in [6.45, 7) is 11.5. The van der Waals surface area contributed by atoms with Crippen LogP contribution in [0.1, 0.15) is 27.7 Å². The molecule has 0 saturated carbocycles. The second-order valence-electron chi connectivity index (χ2n) is 2.34. The van der Waals surface area contributed by atoms with Gasteiger partial charge in [0.25, 0.3) is 0 Å². The lowest BCUT2D eigenvalue weighted by Crippen LogP contribution is -2.37. The fourth-order valence-corrected chi connectivity index (χ4v) is 0.424. The summed E-state index contributed by atoms with van der Waals surface area (Å²) in [6, 6.07) is 0.0241. The summed E-state index contributed by atoms with van der Waals surface area (Å²) in [6.07, 6.45) is 0. The molecule has 0 aliphatic carbocycles. The number of carbonyl (C=O) groups excluding carboxylic acids is 1. The molecule has 0 spiro atoms. The van der Waals surface area contributed by atoms with E-state index in [1.807, 2.05) is 27.7 Å². The van der Waals surface area contributed by atoms with Gasteiger partial charge in [0, 0.05) is 6.04 Å². The highest BCUT2D eigenvalue weighted by Gasteiger charge is 2.03. The van der Waals surface area contributed by atoms with Gasteiger partial charge >= 0.3 is 0 Å². The van der Waals surface area contributed by atoms with Crippen LogP contribution in [0, 0.1) is 0 Å². The largest absolute Gasteiger partial charge is 0.349 e. The Morgan fingerprint density at radius 2 is 2.00 bits per heavy atom. The molecular formula is C9H20N2O. The monoisotopic (exact) mass is 172 g/mol. The molecule has 0 rings (SSSR count). The molecule has 0 aromatic heterocycles. The molecule has 0 aromatic carbocycles. The number of amides is 1. The Balaban J connectivity index is 0. The van der Waals surface area contributed by atoms with Crippen molar-refractivity contribution >= 4 is 5.91 Å². The fraction of sp³-hybridized carbons (Fsp3) is 0.667. The molecular weight excluding hydrogens is 152 g/mol. The van der Waals surface area contributed by atoms with Crippen LogP contribution < -0.4 is 11.1 Å². The van der Waals surface area contributed by atoms with Gasteiger partial charge in [0.2, 0.25) is 5.91 Å². The fourth-order valence-electron chi connectivity index (χ4n) is 0.424. The summed E-state index contributed by atoms with van der Waals surface area (Å²) >= 11 is 0. The van der Waals surface area contributed by atoms with Crippen molar-refractivity contribution in [2.24, 2.45) is 5.73 Å². The zero-order valence-electron chi connectivity index (χ0n) is 8.48. The van der Waals surface area contributed by atoms with E-state index in [9.17, 15) is 4.79 Å². The maximum atomic E-state index is 10.6. The second kappa shape index (κ2) is 8.27. The Morgan fingerprint density at radius 3 is 2.25 bits per heavy atom. The molecule has 0 aliphatic rings. The van der Waals surface area contributed by atoms with Gasteiger partial charge in [-0.2, -0.15) is 0 Å². The molecule has 0 heterocycles. The summed E-state index contributed by atoms with van der Waals surface area (Å²) in [5, 5.41) is 2.67. The van der Waals surface area contributed by atoms with Crippen LogP contribution >= 0.6 is 0 Å². The third-order valence-corrected chi connectivity index (χ3v) is 1.30. The first-order valence-corrected chi connectivity index (χ1v) is 4.22. The Kier molecular flexibility index (Phi) is 9.47. The highest BCUT2D eigenvalue weighted by atomic mass is 16.1. The molecule has 0 aliphatic heterocycles. The van der Waals surface area contributed by atoms with Gasteiger partial charge in [0.1, 0.15) is 0 Å². The summed E-state index contributed by atoms with van der Waals surface area (Å²) in [5.41, 5.74) is 6.01. The first-order valence-electron chi connectivity index (χ1n) is 4.22. The number of hydrogen-bond donors (Lipinski definition) is 2. The van der Waals surface area contributed by atoms with E-state index >= 15 is 0 Å². The maximum Gasteiger partial charge on any atom is 0.234 e. The molecule has 0 fully saturated rings. The number of hydrogen-bond acceptors (Lipinski definition) is 2. The van der Waals surface area contributed by atoms with Crippen molar-refractivity contribution in [3.8, 4) is 0 Å². The summed E-state index contributed by atoms with van der Waals surface area (Å²) in [7, 11) is 0. The molecule has 0 aromatic rings. The molecule has 0 radical (unpaired) electrons. The average molecular weight is 172 g/mol.